The van der Waals surface area contributed by atoms with Crippen LogP contribution in [0.25, 0.3) is 6.08 Å². The molecule has 2 aromatic rings. The van der Waals surface area contributed by atoms with Crippen LogP contribution in [0.15, 0.2) is 53.2 Å². The van der Waals surface area contributed by atoms with Gasteiger partial charge in [0.05, 0.1) is 12.8 Å². The van der Waals surface area contributed by atoms with Crippen molar-refractivity contribution in [2.45, 2.75) is 6.54 Å². The lowest BCUT2D eigenvalue weighted by atomic mass is 10.2. The number of halogens is 1. The van der Waals surface area contributed by atoms with Crippen molar-refractivity contribution in [3.63, 3.8) is 0 Å². The average molecular weight is 314 g/mol. The first-order valence-corrected chi connectivity index (χ1v) is 7.68. The molecule has 0 aliphatic carbocycles. The van der Waals surface area contributed by atoms with Gasteiger partial charge in [0.15, 0.2) is 0 Å². The molecule has 1 saturated heterocycles. The van der Waals surface area contributed by atoms with Crippen LogP contribution in [0.3, 0.4) is 0 Å². The van der Waals surface area contributed by atoms with Crippen molar-refractivity contribution in [3.8, 4) is 0 Å². The minimum atomic E-state index is -0.300. The Hall–Kier alpha value is -2.40. The standard InChI is InChI=1S/C18H19FN2O2/c19-16-4-1-3-15(13-16)6-7-18(22)21-10-8-20(9-11-21)14-17-5-2-12-23-17/h1-7,12-13H,8-11,14H2/b7-6+. The molecule has 5 heteroatoms. The van der Waals surface area contributed by atoms with E-state index in [4.69, 9.17) is 4.42 Å². The molecule has 0 N–H and O–H groups in total. The van der Waals surface area contributed by atoms with E-state index in [1.165, 1.54) is 18.2 Å². The summed E-state index contributed by atoms with van der Waals surface area (Å²) >= 11 is 0. The molecule has 1 aromatic carbocycles. The van der Waals surface area contributed by atoms with Crippen LogP contribution >= 0.6 is 0 Å². The second-order valence-electron chi connectivity index (χ2n) is 5.57. The summed E-state index contributed by atoms with van der Waals surface area (Å²) in [5.74, 6) is 0.605. The van der Waals surface area contributed by atoms with E-state index in [1.54, 1.807) is 24.5 Å². The number of amides is 1. The van der Waals surface area contributed by atoms with Gasteiger partial charge in [0, 0.05) is 32.3 Å². The van der Waals surface area contributed by atoms with E-state index in [0.717, 1.165) is 25.4 Å². The molecular weight excluding hydrogens is 295 g/mol. The van der Waals surface area contributed by atoms with Gasteiger partial charge in [-0.05, 0) is 35.9 Å². The van der Waals surface area contributed by atoms with Crippen LogP contribution in [0.4, 0.5) is 4.39 Å². The monoisotopic (exact) mass is 314 g/mol. The summed E-state index contributed by atoms with van der Waals surface area (Å²) in [5.41, 5.74) is 0.690. The first kappa shape index (κ1) is 15.5. The van der Waals surface area contributed by atoms with Crippen LogP contribution in [0, 0.1) is 5.82 Å². The zero-order valence-electron chi connectivity index (χ0n) is 12.8. The molecule has 0 bridgehead atoms. The maximum atomic E-state index is 13.1. The smallest absolute Gasteiger partial charge is 0.246 e. The van der Waals surface area contributed by atoms with Crippen LogP contribution in [0.5, 0.6) is 0 Å². The van der Waals surface area contributed by atoms with Crippen molar-refractivity contribution in [2.75, 3.05) is 26.2 Å². The second kappa shape index (κ2) is 7.24. The third-order valence-corrected chi connectivity index (χ3v) is 3.91. The van der Waals surface area contributed by atoms with Gasteiger partial charge in [0.2, 0.25) is 5.91 Å². The van der Waals surface area contributed by atoms with E-state index in [9.17, 15) is 9.18 Å². The molecular formula is C18H19FN2O2. The number of piperazine rings is 1. The van der Waals surface area contributed by atoms with Gasteiger partial charge < -0.3 is 9.32 Å². The Labute approximate surface area is 134 Å². The van der Waals surface area contributed by atoms with E-state index < -0.39 is 0 Å². The Balaban J connectivity index is 1.50. The first-order chi connectivity index (χ1) is 11.2. The fourth-order valence-corrected chi connectivity index (χ4v) is 2.63. The van der Waals surface area contributed by atoms with Gasteiger partial charge in [-0.25, -0.2) is 4.39 Å². The number of hydrogen-bond donors (Lipinski definition) is 0. The summed E-state index contributed by atoms with van der Waals surface area (Å²) in [6, 6.07) is 10.0. The zero-order valence-corrected chi connectivity index (χ0v) is 12.8. The van der Waals surface area contributed by atoms with Gasteiger partial charge in [-0.2, -0.15) is 0 Å². The normalized spacial score (nSPS) is 16.1. The fraction of sp³-hybridized carbons (Fsp3) is 0.278. The summed E-state index contributed by atoms with van der Waals surface area (Å²) in [6.45, 7) is 3.79. The second-order valence-corrected chi connectivity index (χ2v) is 5.57. The molecule has 4 nitrogen and oxygen atoms in total. The number of carbonyl (C=O) groups excluding carboxylic acids is 1. The van der Waals surface area contributed by atoms with E-state index in [2.05, 4.69) is 4.90 Å². The van der Waals surface area contributed by atoms with Gasteiger partial charge in [-0.3, -0.25) is 9.69 Å². The van der Waals surface area contributed by atoms with E-state index in [-0.39, 0.29) is 11.7 Å². The number of benzene rings is 1. The maximum absolute atomic E-state index is 13.1. The van der Waals surface area contributed by atoms with Gasteiger partial charge in [-0.1, -0.05) is 12.1 Å². The Kier molecular flexibility index (Phi) is 4.88. The molecule has 0 spiro atoms. The third kappa shape index (κ3) is 4.29. The summed E-state index contributed by atoms with van der Waals surface area (Å²) in [7, 11) is 0. The highest BCUT2D eigenvalue weighted by atomic mass is 19.1. The van der Waals surface area contributed by atoms with Crippen LogP contribution in [0.2, 0.25) is 0 Å². The maximum Gasteiger partial charge on any atom is 0.246 e. The molecule has 0 radical (unpaired) electrons. The largest absolute Gasteiger partial charge is 0.468 e. The Morgan fingerprint density at radius 1 is 1.17 bits per heavy atom. The van der Waals surface area contributed by atoms with Gasteiger partial charge >= 0.3 is 0 Å². The lowest BCUT2D eigenvalue weighted by Crippen LogP contribution is -2.47. The molecule has 23 heavy (non-hydrogen) atoms. The van der Waals surface area contributed by atoms with Crippen LogP contribution < -0.4 is 0 Å². The van der Waals surface area contributed by atoms with E-state index in [0.29, 0.717) is 18.7 Å². The Morgan fingerprint density at radius 2 is 2.00 bits per heavy atom. The van der Waals surface area contributed by atoms with E-state index in [1.807, 2.05) is 17.0 Å². The quantitative estimate of drug-likeness (QED) is 0.814. The first-order valence-electron chi connectivity index (χ1n) is 7.68. The minimum absolute atomic E-state index is 0.0353. The number of carbonyl (C=O) groups is 1. The van der Waals surface area contributed by atoms with Crippen molar-refractivity contribution < 1.29 is 13.6 Å². The number of nitrogens with zero attached hydrogens (tertiary/aromatic N) is 2. The zero-order chi connectivity index (χ0) is 16.1. The Morgan fingerprint density at radius 3 is 2.70 bits per heavy atom. The van der Waals surface area contributed by atoms with E-state index >= 15 is 0 Å². The van der Waals surface area contributed by atoms with Crippen molar-refractivity contribution in [3.05, 3.63) is 65.9 Å². The molecule has 0 atom stereocenters. The molecule has 0 unspecified atom stereocenters. The lowest BCUT2D eigenvalue weighted by Gasteiger charge is -2.33. The van der Waals surface area contributed by atoms with Crippen molar-refractivity contribution in [1.29, 1.82) is 0 Å². The molecule has 1 aromatic heterocycles. The topological polar surface area (TPSA) is 36.7 Å². The lowest BCUT2D eigenvalue weighted by molar-refractivity contribution is -0.127. The SMILES string of the molecule is O=C(/C=C/c1cccc(F)c1)N1CCN(Cc2ccco2)CC1. The van der Waals surface area contributed by atoms with Gasteiger partial charge in [0.1, 0.15) is 11.6 Å². The molecule has 2 heterocycles. The van der Waals surface area contributed by atoms with Crippen LogP contribution in [-0.4, -0.2) is 41.9 Å². The van der Waals surface area contributed by atoms with Crippen LogP contribution in [0.1, 0.15) is 11.3 Å². The summed E-state index contributed by atoms with van der Waals surface area (Å²) in [4.78, 5) is 16.3. The highest BCUT2D eigenvalue weighted by Gasteiger charge is 2.20. The highest BCUT2D eigenvalue weighted by molar-refractivity contribution is 5.91. The third-order valence-electron chi connectivity index (χ3n) is 3.91. The molecule has 3 rings (SSSR count). The molecule has 1 aliphatic rings. The fourth-order valence-electron chi connectivity index (χ4n) is 2.63. The number of hydrogen-bond acceptors (Lipinski definition) is 3. The molecule has 120 valence electrons. The predicted molar refractivity (Wildman–Crippen MR) is 86.0 cm³/mol. The average Bonchev–Trinajstić information content (AvgIpc) is 3.06. The predicted octanol–water partition coefficient (Wildman–Crippen LogP) is 2.78. The molecule has 1 amide bonds. The summed E-state index contributed by atoms with van der Waals surface area (Å²) in [6.07, 6.45) is 4.84. The van der Waals surface area contributed by atoms with Crippen molar-refractivity contribution in [1.82, 2.24) is 9.80 Å². The highest BCUT2D eigenvalue weighted by Crippen LogP contribution is 2.10. The Bertz CT molecular complexity index is 674. The van der Waals surface area contributed by atoms with Crippen molar-refractivity contribution >= 4 is 12.0 Å². The summed E-state index contributed by atoms with van der Waals surface area (Å²) in [5, 5.41) is 0. The van der Waals surface area contributed by atoms with Crippen molar-refractivity contribution in [2.24, 2.45) is 0 Å². The van der Waals surface area contributed by atoms with Gasteiger partial charge in [-0.15, -0.1) is 0 Å². The number of rotatable bonds is 4. The van der Waals surface area contributed by atoms with Crippen LogP contribution in [-0.2, 0) is 11.3 Å². The number of furan rings is 1. The molecule has 0 saturated carbocycles. The molecule has 1 fully saturated rings. The van der Waals surface area contributed by atoms with Gasteiger partial charge in [0.25, 0.3) is 0 Å². The minimum Gasteiger partial charge on any atom is -0.468 e. The summed E-state index contributed by atoms with van der Waals surface area (Å²) < 4.78 is 18.4. The molecule has 1 aliphatic heterocycles.